The van der Waals surface area contributed by atoms with Gasteiger partial charge in [-0.05, 0) is 18.8 Å². The maximum atomic E-state index is 11.5. The number of carbonyl (C=O) groups is 2. The Morgan fingerprint density at radius 1 is 1.35 bits per heavy atom. The van der Waals surface area contributed by atoms with Crippen LogP contribution in [0.3, 0.4) is 0 Å². The minimum Gasteiger partial charge on any atom is -0.479 e. The Bertz CT molecular complexity index is 283. The lowest BCUT2D eigenvalue weighted by molar-refractivity contribution is -0.146. The lowest BCUT2D eigenvalue weighted by Crippen LogP contribution is -2.48. The van der Waals surface area contributed by atoms with Crippen molar-refractivity contribution in [2.24, 2.45) is 5.92 Å². The molecule has 0 aromatic rings. The van der Waals surface area contributed by atoms with Crippen molar-refractivity contribution in [3.8, 4) is 0 Å². The van der Waals surface area contributed by atoms with Gasteiger partial charge in [-0.15, -0.1) is 0 Å². The fourth-order valence-electron chi connectivity index (χ4n) is 2.03. The van der Waals surface area contributed by atoms with E-state index in [1.54, 1.807) is 0 Å². The van der Waals surface area contributed by atoms with Crippen LogP contribution in [0.2, 0.25) is 0 Å². The standard InChI is InChI=1S/C11H20N2O4/c1-7-4-2-3-5-8(7)13-11(17)12-6-9(14)10(15)16/h7-9,14H,2-6H2,1H3,(H,15,16)(H2,12,13,17)/t7?,8?,9-/m0/s1. The molecule has 2 amide bonds. The van der Waals surface area contributed by atoms with Crippen LogP contribution >= 0.6 is 0 Å². The number of carboxylic acids is 1. The summed E-state index contributed by atoms with van der Waals surface area (Å²) < 4.78 is 0. The molecule has 1 rings (SSSR count). The predicted molar refractivity (Wildman–Crippen MR) is 61.6 cm³/mol. The fourth-order valence-corrected chi connectivity index (χ4v) is 2.03. The Kier molecular flexibility index (Phi) is 5.21. The first-order valence-corrected chi connectivity index (χ1v) is 5.96. The van der Waals surface area contributed by atoms with Crippen molar-refractivity contribution in [1.82, 2.24) is 10.6 Å². The molecule has 1 aliphatic carbocycles. The molecular formula is C11H20N2O4. The molecular weight excluding hydrogens is 224 g/mol. The third-order valence-electron chi connectivity index (χ3n) is 3.17. The van der Waals surface area contributed by atoms with Gasteiger partial charge in [-0.2, -0.15) is 0 Å². The molecule has 0 aliphatic heterocycles. The van der Waals surface area contributed by atoms with Crippen molar-refractivity contribution in [2.75, 3.05) is 6.54 Å². The number of urea groups is 1. The van der Waals surface area contributed by atoms with Crippen LogP contribution in [0.1, 0.15) is 32.6 Å². The van der Waals surface area contributed by atoms with Gasteiger partial charge in [-0.1, -0.05) is 19.8 Å². The quantitative estimate of drug-likeness (QED) is 0.572. The molecule has 0 heterocycles. The maximum Gasteiger partial charge on any atom is 0.334 e. The summed E-state index contributed by atoms with van der Waals surface area (Å²) in [4.78, 5) is 21.8. The Labute approximate surface area is 100 Å². The van der Waals surface area contributed by atoms with Gasteiger partial charge in [0.25, 0.3) is 0 Å². The average molecular weight is 244 g/mol. The number of carbonyl (C=O) groups excluding carboxylic acids is 1. The van der Waals surface area contributed by atoms with Gasteiger partial charge in [0.15, 0.2) is 6.10 Å². The van der Waals surface area contributed by atoms with Crippen molar-refractivity contribution in [3.63, 3.8) is 0 Å². The third kappa shape index (κ3) is 4.60. The number of nitrogens with one attached hydrogen (secondary N) is 2. The molecule has 6 nitrogen and oxygen atoms in total. The molecule has 1 aliphatic rings. The van der Waals surface area contributed by atoms with Crippen LogP contribution in [0.25, 0.3) is 0 Å². The van der Waals surface area contributed by atoms with Gasteiger partial charge in [-0.3, -0.25) is 0 Å². The molecule has 4 N–H and O–H groups in total. The fraction of sp³-hybridized carbons (Fsp3) is 0.818. The number of aliphatic hydroxyl groups excluding tert-OH is 1. The van der Waals surface area contributed by atoms with Gasteiger partial charge in [0, 0.05) is 6.04 Å². The number of rotatable bonds is 4. The van der Waals surface area contributed by atoms with Gasteiger partial charge >= 0.3 is 12.0 Å². The van der Waals surface area contributed by atoms with Crippen molar-refractivity contribution >= 4 is 12.0 Å². The van der Waals surface area contributed by atoms with Gasteiger partial charge < -0.3 is 20.8 Å². The first-order chi connectivity index (χ1) is 8.00. The second kappa shape index (κ2) is 6.44. The number of aliphatic carboxylic acids is 1. The van der Waals surface area contributed by atoms with Crippen molar-refractivity contribution < 1.29 is 19.8 Å². The van der Waals surface area contributed by atoms with E-state index in [1.807, 2.05) is 0 Å². The zero-order valence-electron chi connectivity index (χ0n) is 9.98. The minimum atomic E-state index is -1.55. The van der Waals surface area contributed by atoms with E-state index >= 15 is 0 Å². The van der Waals surface area contributed by atoms with E-state index in [4.69, 9.17) is 10.2 Å². The summed E-state index contributed by atoms with van der Waals surface area (Å²) in [6.45, 7) is 1.82. The Morgan fingerprint density at radius 2 is 2.00 bits per heavy atom. The van der Waals surface area contributed by atoms with Crippen LogP contribution in [-0.2, 0) is 4.79 Å². The molecule has 0 spiro atoms. The van der Waals surface area contributed by atoms with Crippen LogP contribution in [0.15, 0.2) is 0 Å². The van der Waals surface area contributed by atoms with Gasteiger partial charge in [0.2, 0.25) is 0 Å². The Hall–Kier alpha value is -1.30. The number of carboxylic acid groups (broad SMARTS) is 1. The zero-order valence-corrected chi connectivity index (χ0v) is 9.98. The predicted octanol–water partition coefficient (Wildman–Crippen LogP) is 0.310. The average Bonchev–Trinajstić information content (AvgIpc) is 2.29. The van der Waals surface area contributed by atoms with Gasteiger partial charge in [-0.25, -0.2) is 9.59 Å². The zero-order chi connectivity index (χ0) is 12.8. The van der Waals surface area contributed by atoms with Gasteiger partial charge in [0.05, 0.1) is 6.54 Å². The van der Waals surface area contributed by atoms with E-state index in [1.165, 1.54) is 6.42 Å². The Balaban J connectivity index is 2.26. The molecule has 0 aromatic carbocycles. The van der Waals surface area contributed by atoms with Crippen LogP contribution in [0.5, 0.6) is 0 Å². The molecule has 1 fully saturated rings. The van der Waals surface area contributed by atoms with Crippen LogP contribution < -0.4 is 10.6 Å². The number of aliphatic hydroxyl groups is 1. The second-order valence-corrected chi connectivity index (χ2v) is 4.58. The summed E-state index contributed by atoms with van der Waals surface area (Å²) in [7, 11) is 0. The van der Waals surface area contributed by atoms with E-state index in [0.29, 0.717) is 5.92 Å². The highest BCUT2D eigenvalue weighted by Crippen LogP contribution is 2.23. The van der Waals surface area contributed by atoms with Crippen molar-refractivity contribution in [2.45, 2.75) is 44.8 Å². The van der Waals surface area contributed by atoms with Crippen molar-refractivity contribution in [3.05, 3.63) is 0 Å². The van der Waals surface area contributed by atoms with Crippen LogP contribution in [0.4, 0.5) is 4.79 Å². The molecule has 0 bridgehead atoms. The van der Waals surface area contributed by atoms with Crippen LogP contribution in [0, 0.1) is 5.92 Å². The van der Waals surface area contributed by atoms with Gasteiger partial charge in [0.1, 0.15) is 0 Å². The highest BCUT2D eigenvalue weighted by atomic mass is 16.4. The SMILES string of the molecule is CC1CCCCC1NC(=O)NC[C@H](O)C(=O)O. The number of hydrogen-bond acceptors (Lipinski definition) is 3. The number of amides is 2. The summed E-state index contributed by atoms with van der Waals surface area (Å²) in [5.41, 5.74) is 0. The molecule has 0 aromatic heterocycles. The lowest BCUT2D eigenvalue weighted by atomic mass is 9.86. The first kappa shape index (κ1) is 13.8. The summed E-state index contributed by atoms with van der Waals surface area (Å²) in [6, 6.07) is -0.269. The molecule has 0 radical (unpaired) electrons. The normalized spacial score (nSPS) is 26.0. The highest BCUT2D eigenvalue weighted by Gasteiger charge is 2.23. The van der Waals surface area contributed by atoms with E-state index in [-0.39, 0.29) is 12.6 Å². The minimum absolute atomic E-state index is 0.144. The van der Waals surface area contributed by atoms with Crippen molar-refractivity contribution in [1.29, 1.82) is 0 Å². The molecule has 6 heteroatoms. The lowest BCUT2D eigenvalue weighted by Gasteiger charge is -2.29. The summed E-state index contributed by atoms with van der Waals surface area (Å²) in [5.74, 6) is -0.893. The molecule has 3 atom stereocenters. The molecule has 98 valence electrons. The van der Waals surface area contributed by atoms with E-state index in [9.17, 15) is 9.59 Å². The molecule has 2 unspecified atom stereocenters. The molecule has 1 saturated carbocycles. The third-order valence-corrected chi connectivity index (χ3v) is 3.17. The number of hydrogen-bond donors (Lipinski definition) is 4. The second-order valence-electron chi connectivity index (χ2n) is 4.58. The Morgan fingerprint density at radius 3 is 2.59 bits per heavy atom. The maximum absolute atomic E-state index is 11.5. The summed E-state index contributed by atoms with van der Waals surface area (Å²) >= 11 is 0. The summed E-state index contributed by atoms with van der Waals surface area (Å²) in [5, 5.41) is 22.6. The monoisotopic (exact) mass is 244 g/mol. The van der Waals surface area contributed by atoms with Crippen LogP contribution in [-0.4, -0.2) is 40.9 Å². The molecule has 17 heavy (non-hydrogen) atoms. The highest BCUT2D eigenvalue weighted by molar-refractivity contribution is 5.76. The first-order valence-electron chi connectivity index (χ1n) is 5.96. The van der Waals surface area contributed by atoms with E-state index < -0.39 is 18.1 Å². The van der Waals surface area contributed by atoms with E-state index in [2.05, 4.69) is 17.6 Å². The molecule has 0 saturated heterocycles. The summed E-state index contributed by atoms with van der Waals surface area (Å²) in [6.07, 6.45) is 2.80. The van der Waals surface area contributed by atoms with E-state index in [0.717, 1.165) is 19.3 Å². The smallest absolute Gasteiger partial charge is 0.334 e. The topological polar surface area (TPSA) is 98.7 Å². The largest absolute Gasteiger partial charge is 0.479 e.